The quantitative estimate of drug-likeness (QED) is 0.720. The van der Waals surface area contributed by atoms with Crippen molar-refractivity contribution in [2.75, 3.05) is 26.2 Å². The fourth-order valence-electron chi connectivity index (χ4n) is 2.86. The number of ether oxygens (including phenoxy) is 1. The van der Waals surface area contributed by atoms with E-state index in [0.717, 1.165) is 38.9 Å². The van der Waals surface area contributed by atoms with E-state index in [1.54, 1.807) is 0 Å². The smallest absolute Gasteiger partial charge is 0.320 e. The van der Waals surface area contributed by atoms with Gasteiger partial charge in [0.25, 0.3) is 0 Å². The highest BCUT2D eigenvalue weighted by Gasteiger charge is 2.32. The van der Waals surface area contributed by atoms with Gasteiger partial charge in [0.2, 0.25) is 0 Å². The second-order valence-electron chi connectivity index (χ2n) is 5.54. The van der Waals surface area contributed by atoms with Crippen LogP contribution in [0.1, 0.15) is 46.0 Å². The first-order valence-corrected chi connectivity index (χ1v) is 7.39. The summed E-state index contributed by atoms with van der Waals surface area (Å²) in [6.07, 6.45) is 5.99. The van der Waals surface area contributed by atoms with Crippen molar-refractivity contribution in [3.63, 3.8) is 0 Å². The lowest BCUT2D eigenvalue weighted by Crippen LogP contribution is -2.55. The van der Waals surface area contributed by atoms with Crippen LogP contribution < -0.4 is 0 Å². The summed E-state index contributed by atoms with van der Waals surface area (Å²) in [5, 5.41) is 0. The molecule has 2 amide bonds. The third-order valence-electron chi connectivity index (χ3n) is 4.06. The van der Waals surface area contributed by atoms with Crippen molar-refractivity contribution >= 4 is 6.03 Å². The van der Waals surface area contributed by atoms with Crippen molar-refractivity contribution in [2.24, 2.45) is 0 Å². The number of hydrogen-bond donors (Lipinski definition) is 0. The van der Waals surface area contributed by atoms with Crippen molar-refractivity contribution < 1.29 is 9.53 Å². The monoisotopic (exact) mass is 254 g/mol. The second-order valence-corrected chi connectivity index (χ2v) is 5.54. The average Bonchev–Trinajstić information content (AvgIpc) is 2.66. The summed E-state index contributed by atoms with van der Waals surface area (Å²) in [4.78, 5) is 16.7. The van der Waals surface area contributed by atoms with Crippen molar-refractivity contribution in [2.45, 2.75) is 58.1 Å². The molecule has 0 aromatic carbocycles. The molecule has 2 rings (SSSR count). The Morgan fingerprint density at radius 3 is 2.50 bits per heavy atom. The molecule has 2 fully saturated rings. The minimum Gasteiger partial charge on any atom is -0.375 e. The Labute approximate surface area is 110 Å². The standard InChI is InChI=1S/C14H26N2O2/c1-3-13-11-18-12(2)10-16(13)14(17)15-8-6-4-5-7-9-15/h12-13H,3-11H2,1-2H3. The third kappa shape index (κ3) is 3.16. The number of urea groups is 1. The van der Waals surface area contributed by atoms with Gasteiger partial charge in [0, 0.05) is 19.6 Å². The second kappa shape index (κ2) is 6.41. The van der Waals surface area contributed by atoms with E-state index >= 15 is 0 Å². The molecule has 0 saturated carbocycles. The summed E-state index contributed by atoms with van der Waals surface area (Å²) in [7, 11) is 0. The molecular formula is C14H26N2O2. The van der Waals surface area contributed by atoms with Gasteiger partial charge in [-0.2, -0.15) is 0 Å². The zero-order valence-electron chi connectivity index (χ0n) is 11.7. The molecule has 4 nitrogen and oxygen atoms in total. The van der Waals surface area contributed by atoms with Crippen LogP contribution in [0, 0.1) is 0 Å². The van der Waals surface area contributed by atoms with Gasteiger partial charge in [-0.3, -0.25) is 0 Å². The fraction of sp³-hybridized carbons (Fsp3) is 0.929. The predicted molar refractivity (Wildman–Crippen MR) is 71.6 cm³/mol. The van der Waals surface area contributed by atoms with Crippen molar-refractivity contribution in [3.8, 4) is 0 Å². The number of morpholine rings is 1. The van der Waals surface area contributed by atoms with E-state index in [2.05, 4.69) is 13.8 Å². The molecule has 4 heteroatoms. The van der Waals surface area contributed by atoms with Crippen LogP contribution in [0.5, 0.6) is 0 Å². The molecule has 0 aromatic heterocycles. The SMILES string of the molecule is CCC1COC(C)CN1C(=O)N1CCCCCC1. The Kier molecular flexibility index (Phi) is 4.87. The van der Waals surface area contributed by atoms with Gasteiger partial charge >= 0.3 is 6.03 Å². The number of likely N-dealkylation sites (tertiary alicyclic amines) is 1. The normalized spacial score (nSPS) is 30.1. The topological polar surface area (TPSA) is 32.8 Å². The molecule has 2 aliphatic rings. The largest absolute Gasteiger partial charge is 0.375 e. The number of rotatable bonds is 1. The van der Waals surface area contributed by atoms with Crippen molar-refractivity contribution in [3.05, 3.63) is 0 Å². The minimum atomic E-state index is 0.170. The van der Waals surface area contributed by atoms with Crippen molar-refractivity contribution in [1.82, 2.24) is 9.80 Å². The van der Waals surface area contributed by atoms with Crippen LogP contribution in [0.25, 0.3) is 0 Å². The van der Waals surface area contributed by atoms with Crippen molar-refractivity contribution in [1.29, 1.82) is 0 Å². The highest BCUT2D eigenvalue weighted by Crippen LogP contribution is 2.18. The maximum atomic E-state index is 12.6. The first-order valence-electron chi connectivity index (χ1n) is 7.39. The Morgan fingerprint density at radius 2 is 1.89 bits per heavy atom. The number of nitrogens with zero attached hydrogens (tertiary/aromatic N) is 2. The van der Waals surface area contributed by atoms with Gasteiger partial charge in [0.15, 0.2) is 0 Å². The Morgan fingerprint density at radius 1 is 1.22 bits per heavy atom. The van der Waals surface area contributed by atoms with E-state index in [1.165, 1.54) is 12.8 Å². The summed E-state index contributed by atoms with van der Waals surface area (Å²) in [6.45, 7) is 7.48. The van der Waals surface area contributed by atoms with E-state index < -0.39 is 0 Å². The van der Waals surface area contributed by atoms with Gasteiger partial charge in [-0.15, -0.1) is 0 Å². The van der Waals surface area contributed by atoms with Gasteiger partial charge in [-0.25, -0.2) is 4.79 Å². The lowest BCUT2D eigenvalue weighted by atomic mass is 10.1. The molecular weight excluding hydrogens is 228 g/mol. The maximum absolute atomic E-state index is 12.6. The molecule has 2 saturated heterocycles. The zero-order valence-corrected chi connectivity index (χ0v) is 11.7. The third-order valence-corrected chi connectivity index (χ3v) is 4.06. The summed E-state index contributed by atoms with van der Waals surface area (Å²) in [5.74, 6) is 0. The lowest BCUT2D eigenvalue weighted by molar-refractivity contribution is -0.0431. The molecule has 2 unspecified atom stereocenters. The van der Waals surface area contributed by atoms with E-state index in [0.29, 0.717) is 6.61 Å². The molecule has 2 heterocycles. The molecule has 104 valence electrons. The van der Waals surface area contributed by atoms with Crippen LogP contribution in [0.3, 0.4) is 0 Å². The van der Waals surface area contributed by atoms with Crippen LogP contribution in [-0.2, 0) is 4.74 Å². The summed E-state index contributed by atoms with van der Waals surface area (Å²) >= 11 is 0. The summed E-state index contributed by atoms with van der Waals surface area (Å²) < 4.78 is 5.66. The lowest BCUT2D eigenvalue weighted by Gasteiger charge is -2.40. The molecule has 0 N–H and O–H groups in total. The molecule has 2 aliphatic heterocycles. The van der Waals surface area contributed by atoms with E-state index in [-0.39, 0.29) is 18.2 Å². The molecule has 0 aliphatic carbocycles. The maximum Gasteiger partial charge on any atom is 0.320 e. The number of amides is 2. The van der Waals surface area contributed by atoms with Gasteiger partial charge in [0.05, 0.1) is 18.8 Å². The molecule has 2 atom stereocenters. The van der Waals surface area contributed by atoms with Crippen LogP contribution in [0.2, 0.25) is 0 Å². The van der Waals surface area contributed by atoms with E-state index in [1.807, 2.05) is 9.80 Å². The Balaban J connectivity index is 2.00. The van der Waals surface area contributed by atoms with Crippen LogP contribution >= 0.6 is 0 Å². The molecule has 0 radical (unpaired) electrons. The highest BCUT2D eigenvalue weighted by atomic mass is 16.5. The average molecular weight is 254 g/mol. The minimum absolute atomic E-state index is 0.170. The van der Waals surface area contributed by atoms with Gasteiger partial charge in [0.1, 0.15) is 0 Å². The van der Waals surface area contributed by atoms with Crippen LogP contribution in [0.4, 0.5) is 4.79 Å². The summed E-state index contributed by atoms with van der Waals surface area (Å²) in [5.41, 5.74) is 0. The molecule has 0 spiro atoms. The Bertz CT molecular complexity index is 275. The molecule has 0 aromatic rings. The van der Waals surface area contributed by atoms with Gasteiger partial charge < -0.3 is 14.5 Å². The van der Waals surface area contributed by atoms with Gasteiger partial charge in [-0.1, -0.05) is 19.8 Å². The Hall–Kier alpha value is -0.770. The highest BCUT2D eigenvalue weighted by molar-refractivity contribution is 5.75. The van der Waals surface area contributed by atoms with Gasteiger partial charge in [-0.05, 0) is 26.2 Å². The predicted octanol–water partition coefficient (Wildman–Crippen LogP) is 2.48. The number of hydrogen-bond acceptors (Lipinski definition) is 2. The zero-order chi connectivity index (χ0) is 13.0. The van der Waals surface area contributed by atoms with Crippen LogP contribution in [0.15, 0.2) is 0 Å². The number of carbonyl (C=O) groups is 1. The number of carbonyl (C=O) groups excluding carboxylic acids is 1. The fourth-order valence-corrected chi connectivity index (χ4v) is 2.86. The molecule has 0 bridgehead atoms. The van der Waals surface area contributed by atoms with E-state index in [9.17, 15) is 4.79 Å². The summed E-state index contributed by atoms with van der Waals surface area (Å²) in [6, 6.07) is 0.496. The molecule has 18 heavy (non-hydrogen) atoms. The van der Waals surface area contributed by atoms with Crippen LogP contribution in [-0.4, -0.2) is 54.2 Å². The van der Waals surface area contributed by atoms with E-state index in [4.69, 9.17) is 4.74 Å². The first kappa shape index (κ1) is 13.7. The first-order chi connectivity index (χ1) is 8.72.